The van der Waals surface area contributed by atoms with Gasteiger partial charge in [0.2, 0.25) is 0 Å². The molecule has 14 heteroatoms. The van der Waals surface area contributed by atoms with Crippen LogP contribution < -0.4 is 5.56 Å². The number of hydrogen-bond acceptors (Lipinski definition) is 8. The summed E-state index contributed by atoms with van der Waals surface area (Å²) in [5.41, 5.74) is 5.30. The van der Waals surface area contributed by atoms with Crippen molar-refractivity contribution >= 4 is 41.2 Å². The lowest BCUT2D eigenvalue weighted by Gasteiger charge is -2.35. The van der Waals surface area contributed by atoms with Gasteiger partial charge in [0.05, 0.1) is 24.1 Å². The van der Waals surface area contributed by atoms with Crippen molar-refractivity contribution < 1.29 is 27.7 Å². The fraction of sp³-hybridized carbons (Fsp3) is 0.394. The van der Waals surface area contributed by atoms with Crippen LogP contribution in [0.15, 0.2) is 57.9 Å². The quantitative estimate of drug-likeness (QED) is 0.154. The molecule has 2 aromatic carbocycles. The van der Waals surface area contributed by atoms with E-state index in [0.717, 1.165) is 34.9 Å². The molecule has 2 aromatic heterocycles. The number of halogens is 1. The molecule has 0 bridgehead atoms. The van der Waals surface area contributed by atoms with Gasteiger partial charge in [0.15, 0.2) is 0 Å². The van der Waals surface area contributed by atoms with Gasteiger partial charge < -0.3 is 9.80 Å². The van der Waals surface area contributed by atoms with Gasteiger partial charge in [0.1, 0.15) is 12.4 Å². The van der Waals surface area contributed by atoms with Crippen molar-refractivity contribution in [2.75, 3.05) is 28.0 Å². The van der Waals surface area contributed by atoms with Gasteiger partial charge in [0.25, 0.3) is 17.4 Å². The Balaban J connectivity index is 1.36. The van der Waals surface area contributed by atoms with Gasteiger partial charge in [0, 0.05) is 54.0 Å². The molecule has 2 aliphatic rings. The average Bonchev–Trinajstić information content (AvgIpc) is 3.81. The molecule has 4 aromatic rings. The molecule has 12 nitrogen and oxygen atoms in total. The summed E-state index contributed by atoms with van der Waals surface area (Å²) in [5, 5.41) is 4.78. The third-order valence-electron chi connectivity index (χ3n) is 8.89. The SMILES string of the molecule is COP(=O)(OC)OCN(C)C(=O)c1ccc(-n2c(=O)c3c(n4ncc(CC5CC5)c24)CN(C(=O)c2ccc(Br)c(C)c2)[C@H](C)C3)cc1. The zero-order chi connectivity index (χ0) is 33.6. The Morgan fingerprint density at radius 1 is 1.09 bits per heavy atom. The molecular weight excluding hydrogens is 689 g/mol. The molecule has 1 fully saturated rings. The van der Waals surface area contributed by atoms with Crippen LogP contribution in [0.5, 0.6) is 0 Å². The topological polar surface area (TPSA) is 125 Å². The van der Waals surface area contributed by atoms with Gasteiger partial charge in [-0.3, -0.25) is 32.5 Å². The maximum absolute atomic E-state index is 14.4. The van der Waals surface area contributed by atoms with E-state index in [4.69, 9.17) is 18.7 Å². The second-order valence-electron chi connectivity index (χ2n) is 12.2. The van der Waals surface area contributed by atoms with Crippen LogP contribution in [0.1, 0.15) is 62.9 Å². The van der Waals surface area contributed by atoms with Crippen molar-refractivity contribution in [3.63, 3.8) is 0 Å². The van der Waals surface area contributed by atoms with Crippen molar-refractivity contribution in [3.8, 4) is 5.69 Å². The minimum absolute atomic E-state index is 0.0932. The van der Waals surface area contributed by atoms with Crippen molar-refractivity contribution in [3.05, 3.63) is 97.0 Å². The second-order valence-corrected chi connectivity index (χ2v) is 14.9. The van der Waals surface area contributed by atoms with Crippen LogP contribution >= 0.6 is 23.8 Å². The number of phosphoric acid groups is 1. The number of nitrogens with zero attached hydrogens (tertiary/aromatic N) is 5. The van der Waals surface area contributed by atoms with E-state index in [1.807, 2.05) is 47.7 Å². The molecule has 1 aliphatic heterocycles. The number of amides is 2. The van der Waals surface area contributed by atoms with Crippen molar-refractivity contribution in [2.45, 2.75) is 52.1 Å². The Kier molecular flexibility index (Phi) is 9.30. The number of fused-ring (bicyclic) bond motifs is 3. The second kappa shape index (κ2) is 13.1. The van der Waals surface area contributed by atoms with Crippen molar-refractivity contribution in [1.29, 1.82) is 0 Å². The Morgan fingerprint density at radius 3 is 2.40 bits per heavy atom. The standard InChI is InChI=1S/C33H37BrN5O7P/c1-20-14-24(10-13-28(20)34)32(41)37-18-29-27(15-21(37)2)33(42)38(30-25(16-22-6-7-22)17-35-39(29)30)26-11-8-23(9-12-26)31(40)36(3)19-46-47(43,44-4)45-5/h8-14,17,21-22H,6-7,15-16,18-19H2,1-5H3/t21-/m1/s1. The van der Waals surface area contributed by atoms with Gasteiger partial charge in [-0.25, -0.2) is 9.08 Å². The summed E-state index contributed by atoms with van der Waals surface area (Å²) in [7, 11) is 0.145. The van der Waals surface area contributed by atoms with Gasteiger partial charge in [-0.1, -0.05) is 15.9 Å². The maximum atomic E-state index is 14.4. The summed E-state index contributed by atoms with van der Waals surface area (Å²) in [6.07, 6.45) is 5.27. The van der Waals surface area contributed by atoms with Gasteiger partial charge in [-0.05, 0) is 93.5 Å². The number of rotatable bonds is 10. The number of benzene rings is 2. The van der Waals surface area contributed by atoms with E-state index in [9.17, 15) is 18.9 Å². The molecule has 0 saturated heterocycles. The molecular formula is C33H37BrN5O7P. The maximum Gasteiger partial charge on any atom is 0.475 e. The van der Waals surface area contributed by atoms with E-state index < -0.39 is 7.82 Å². The van der Waals surface area contributed by atoms with Crippen LogP contribution in [0.2, 0.25) is 0 Å². The molecule has 0 spiro atoms. The number of aryl methyl sites for hydroxylation is 1. The zero-order valence-electron chi connectivity index (χ0n) is 26.9. The Hall–Kier alpha value is -3.61. The molecule has 0 N–H and O–H groups in total. The van der Waals surface area contributed by atoms with Gasteiger partial charge in [-0.15, -0.1) is 0 Å². The predicted molar refractivity (Wildman–Crippen MR) is 179 cm³/mol. The highest BCUT2D eigenvalue weighted by Gasteiger charge is 2.34. The van der Waals surface area contributed by atoms with E-state index >= 15 is 0 Å². The van der Waals surface area contributed by atoms with Crippen molar-refractivity contribution in [2.24, 2.45) is 5.92 Å². The van der Waals surface area contributed by atoms with E-state index in [0.29, 0.717) is 46.1 Å². The summed E-state index contributed by atoms with van der Waals surface area (Å²) in [6.45, 7) is 3.85. The van der Waals surface area contributed by atoms with E-state index in [2.05, 4.69) is 15.9 Å². The molecule has 2 amide bonds. The predicted octanol–water partition coefficient (Wildman–Crippen LogP) is 5.54. The van der Waals surface area contributed by atoms with Crippen LogP contribution in [0.25, 0.3) is 11.3 Å². The molecule has 3 heterocycles. The van der Waals surface area contributed by atoms with E-state index in [1.165, 1.54) is 26.2 Å². The van der Waals surface area contributed by atoms with Crippen LogP contribution in [0.4, 0.5) is 0 Å². The molecule has 0 unspecified atom stereocenters. The number of aromatic nitrogens is 3. The first-order valence-corrected chi connectivity index (χ1v) is 17.6. The smallest absolute Gasteiger partial charge is 0.330 e. The number of carbonyl (C=O) groups excluding carboxylic acids is 2. The minimum Gasteiger partial charge on any atom is -0.330 e. The molecule has 0 radical (unpaired) electrons. The normalized spacial score (nSPS) is 16.4. The molecule has 248 valence electrons. The fourth-order valence-electron chi connectivity index (χ4n) is 5.99. The lowest BCUT2D eigenvalue weighted by Crippen LogP contribution is -2.46. The summed E-state index contributed by atoms with van der Waals surface area (Å²) in [4.78, 5) is 44.3. The summed E-state index contributed by atoms with van der Waals surface area (Å²) >= 11 is 3.51. The summed E-state index contributed by atoms with van der Waals surface area (Å²) < 4.78 is 31.4. The first-order chi connectivity index (χ1) is 22.4. The van der Waals surface area contributed by atoms with Crippen LogP contribution in [0, 0.1) is 12.8 Å². The number of carbonyl (C=O) groups is 2. The third kappa shape index (κ3) is 6.47. The molecule has 1 aliphatic carbocycles. The number of hydrogen-bond donors (Lipinski definition) is 0. The van der Waals surface area contributed by atoms with Crippen LogP contribution in [-0.2, 0) is 37.5 Å². The molecule has 1 atom stereocenters. The lowest BCUT2D eigenvalue weighted by atomic mass is 9.98. The highest BCUT2D eigenvalue weighted by molar-refractivity contribution is 9.10. The Morgan fingerprint density at radius 2 is 1.77 bits per heavy atom. The number of phosphoric ester groups is 1. The summed E-state index contributed by atoms with van der Waals surface area (Å²) in [5.74, 6) is 0.0755. The third-order valence-corrected chi connectivity index (χ3v) is 11.1. The first-order valence-electron chi connectivity index (χ1n) is 15.4. The fourth-order valence-corrected chi connectivity index (χ4v) is 6.91. The van der Waals surface area contributed by atoms with Gasteiger partial charge >= 0.3 is 7.82 Å². The largest absolute Gasteiger partial charge is 0.475 e. The highest BCUT2D eigenvalue weighted by Crippen LogP contribution is 2.47. The highest BCUT2D eigenvalue weighted by atomic mass is 79.9. The zero-order valence-corrected chi connectivity index (χ0v) is 29.4. The van der Waals surface area contributed by atoms with E-state index in [-0.39, 0.29) is 36.7 Å². The first kappa shape index (κ1) is 33.3. The molecule has 47 heavy (non-hydrogen) atoms. The monoisotopic (exact) mass is 725 g/mol. The van der Waals surface area contributed by atoms with Crippen LogP contribution in [0.3, 0.4) is 0 Å². The minimum atomic E-state index is -3.75. The van der Waals surface area contributed by atoms with Gasteiger partial charge in [-0.2, -0.15) is 5.10 Å². The average molecular weight is 727 g/mol. The van der Waals surface area contributed by atoms with Crippen LogP contribution in [-0.4, -0.2) is 69.8 Å². The van der Waals surface area contributed by atoms with E-state index in [1.54, 1.807) is 28.8 Å². The molecule has 6 rings (SSSR count). The Bertz CT molecular complexity index is 1960. The molecule has 1 saturated carbocycles. The lowest BCUT2D eigenvalue weighted by molar-refractivity contribution is 0.0569. The van der Waals surface area contributed by atoms with Crippen molar-refractivity contribution in [1.82, 2.24) is 24.0 Å². The Labute approximate surface area is 281 Å². The summed E-state index contributed by atoms with van der Waals surface area (Å²) in [6, 6.07) is 12.1.